The first kappa shape index (κ1) is 13.2. The van der Waals surface area contributed by atoms with Crippen molar-refractivity contribution in [3.63, 3.8) is 0 Å². The molecule has 0 saturated heterocycles. The van der Waals surface area contributed by atoms with Crippen LogP contribution in [0.4, 0.5) is 0 Å². The highest BCUT2D eigenvalue weighted by Gasteiger charge is 2.06. The van der Waals surface area contributed by atoms with Crippen molar-refractivity contribution < 1.29 is 8.42 Å². The Morgan fingerprint density at radius 1 is 1.31 bits per heavy atom. The van der Waals surface area contributed by atoms with E-state index in [1.807, 2.05) is 6.92 Å². The van der Waals surface area contributed by atoms with Crippen LogP contribution in [0.2, 0.25) is 0 Å². The van der Waals surface area contributed by atoms with Gasteiger partial charge in [0.2, 0.25) is 0 Å². The van der Waals surface area contributed by atoms with Crippen molar-refractivity contribution in [1.29, 1.82) is 0 Å². The van der Waals surface area contributed by atoms with Crippen molar-refractivity contribution in [1.82, 2.24) is 4.90 Å². The molecule has 0 aromatic rings. The summed E-state index contributed by atoms with van der Waals surface area (Å²) in [7, 11) is -2.83. The number of alkyl halides is 1. The van der Waals surface area contributed by atoms with Gasteiger partial charge in [-0.3, -0.25) is 0 Å². The SMILES string of the molecule is CCN(CCCCl)CCS(C)(=O)=O. The first-order chi connectivity index (χ1) is 5.99. The number of halogens is 1. The summed E-state index contributed by atoms with van der Waals surface area (Å²) in [5, 5.41) is 0. The molecule has 13 heavy (non-hydrogen) atoms. The van der Waals surface area contributed by atoms with Crippen molar-refractivity contribution >= 4 is 21.4 Å². The van der Waals surface area contributed by atoms with Crippen LogP contribution in [0, 0.1) is 0 Å². The van der Waals surface area contributed by atoms with Gasteiger partial charge in [-0.2, -0.15) is 0 Å². The maximum atomic E-state index is 10.9. The van der Waals surface area contributed by atoms with E-state index < -0.39 is 9.84 Å². The fourth-order valence-electron chi connectivity index (χ4n) is 1.01. The van der Waals surface area contributed by atoms with Gasteiger partial charge in [0, 0.05) is 18.7 Å². The van der Waals surface area contributed by atoms with E-state index in [2.05, 4.69) is 4.90 Å². The summed E-state index contributed by atoms with van der Waals surface area (Å²) >= 11 is 5.55. The predicted molar refractivity (Wildman–Crippen MR) is 57.2 cm³/mol. The van der Waals surface area contributed by atoms with Crippen LogP contribution in [0.15, 0.2) is 0 Å². The van der Waals surface area contributed by atoms with Gasteiger partial charge in [-0.1, -0.05) is 6.92 Å². The molecule has 0 bridgehead atoms. The highest BCUT2D eigenvalue weighted by molar-refractivity contribution is 7.90. The largest absolute Gasteiger partial charge is 0.303 e. The Morgan fingerprint density at radius 3 is 2.31 bits per heavy atom. The van der Waals surface area contributed by atoms with E-state index in [0.29, 0.717) is 12.4 Å². The minimum atomic E-state index is -2.83. The molecule has 0 aliphatic heterocycles. The minimum absolute atomic E-state index is 0.239. The summed E-state index contributed by atoms with van der Waals surface area (Å²) in [4.78, 5) is 2.10. The van der Waals surface area contributed by atoms with E-state index in [9.17, 15) is 8.42 Å². The summed E-state index contributed by atoms with van der Waals surface area (Å²) in [6.45, 7) is 4.41. The molecule has 0 atom stereocenters. The smallest absolute Gasteiger partial charge is 0.148 e. The fourth-order valence-corrected chi connectivity index (χ4v) is 1.72. The average molecular weight is 228 g/mol. The lowest BCUT2D eigenvalue weighted by molar-refractivity contribution is 0.306. The summed E-state index contributed by atoms with van der Waals surface area (Å²) < 4.78 is 21.7. The second-order valence-electron chi connectivity index (χ2n) is 3.11. The maximum Gasteiger partial charge on any atom is 0.148 e. The molecule has 0 unspecified atom stereocenters. The third-order valence-corrected chi connectivity index (χ3v) is 3.02. The van der Waals surface area contributed by atoms with Gasteiger partial charge in [0.25, 0.3) is 0 Å². The molecule has 0 aliphatic carbocycles. The lowest BCUT2D eigenvalue weighted by Gasteiger charge is -2.18. The molecular weight excluding hydrogens is 210 g/mol. The molecule has 0 spiro atoms. The van der Waals surface area contributed by atoms with Gasteiger partial charge in [0.05, 0.1) is 5.75 Å². The van der Waals surface area contributed by atoms with Crippen LogP contribution in [-0.4, -0.2) is 50.8 Å². The molecule has 0 aromatic carbocycles. The Hall–Kier alpha value is 0.200. The van der Waals surface area contributed by atoms with Gasteiger partial charge in [0.15, 0.2) is 0 Å². The summed E-state index contributed by atoms with van der Waals surface area (Å²) in [6, 6.07) is 0. The number of nitrogens with zero attached hydrogens (tertiary/aromatic N) is 1. The molecule has 0 radical (unpaired) electrons. The number of rotatable bonds is 7. The molecule has 0 saturated carbocycles. The Morgan fingerprint density at radius 2 is 1.92 bits per heavy atom. The minimum Gasteiger partial charge on any atom is -0.303 e. The van der Waals surface area contributed by atoms with Gasteiger partial charge in [0.1, 0.15) is 9.84 Å². The zero-order chi connectivity index (χ0) is 10.3. The zero-order valence-electron chi connectivity index (χ0n) is 8.29. The van der Waals surface area contributed by atoms with Gasteiger partial charge in [-0.05, 0) is 19.5 Å². The Balaban J connectivity index is 3.72. The van der Waals surface area contributed by atoms with E-state index in [1.54, 1.807) is 0 Å². The summed E-state index contributed by atoms with van der Waals surface area (Å²) in [5.74, 6) is 0.874. The predicted octanol–water partition coefficient (Wildman–Crippen LogP) is 0.982. The van der Waals surface area contributed by atoms with Crippen LogP contribution in [0.3, 0.4) is 0 Å². The van der Waals surface area contributed by atoms with E-state index >= 15 is 0 Å². The Kier molecular flexibility index (Phi) is 6.73. The standard InChI is InChI=1S/C8H18ClNO2S/c1-3-10(6-4-5-9)7-8-13(2,11)12/h3-8H2,1-2H3. The Bertz CT molecular complexity index is 216. The topological polar surface area (TPSA) is 37.4 Å². The maximum absolute atomic E-state index is 10.9. The van der Waals surface area contributed by atoms with E-state index in [1.165, 1.54) is 6.26 Å². The number of hydrogen-bond acceptors (Lipinski definition) is 3. The van der Waals surface area contributed by atoms with E-state index in [0.717, 1.165) is 19.5 Å². The van der Waals surface area contributed by atoms with Crippen molar-refractivity contribution in [2.45, 2.75) is 13.3 Å². The van der Waals surface area contributed by atoms with Crippen LogP contribution >= 0.6 is 11.6 Å². The zero-order valence-corrected chi connectivity index (χ0v) is 9.86. The van der Waals surface area contributed by atoms with Gasteiger partial charge < -0.3 is 4.90 Å². The first-order valence-electron chi connectivity index (χ1n) is 4.45. The molecule has 0 heterocycles. The van der Waals surface area contributed by atoms with Gasteiger partial charge in [-0.15, -0.1) is 11.6 Å². The highest BCUT2D eigenvalue weighted by Crippen LogP contribution is 1.94. The quantitative estimate of drug-likeness (QED) is 0.609. The first-order valence-corrected chi connectivity index (χ1v) is 7.05. The average Bonchev–Trinajstić information content (AvgIpc) is 2.03. The van der Waals surface area contributed by atoms with Crippen LogP contribution in [0.5, 0.6) is 0 Å². The van der Waals surface area contributed by atoms with Crippen molar-refractivity contribution in [3.8, 4) is 0 Å². The van der Waals surface area contributed by atoms with Crippen LogP contribution in [0.1, 0.15) is 13.3 Å². The summed E-state index contributed by atoms with van der Waals surface area (Å²) in [6.07, 6.45) is 2.18. The third kappa shape index (κ3) is 8.53. The van der Waals surface area contributed by atoms with Crippen LogP contribution < -0.4 is 0 Å². The fraction of sp³-hybridized carbons (Fsp3) is 1.00. The Labute approximate surface area is 86.0 Å². The van der Waals surface area contributed by atoms with E-state index in [4.69, 9.17) is 11.6 Å². The molecule has 0 rings (SSSR count). The highest BCUT2D eigenvalue weighted by atomic mass is 35.5. The van der Waals surface area contributed by atoms with Crippen LogP contribution in [-0.2, 0) is 9.84 Å². The number of sulfone groups is 1. The van der Waals surface area contributed by atoms with Crippen molar-refractivity contribution in [3.05, 3.63) is 0 Å². The molecule has 5 heteroatoms. The lowest BCUT2D eigenvalue weighted by Crippen LogP contribution is -2.30. The van der Waals surface area contributed by atoms with Crippen molar-refractivity contribution in [2.24, 2.45) is 0 Å². The van der Waals surface area contributed by atoms with Crippen molar-refractivity contribution in [2.75, 3.05) is 37.5 Å². The molecule has 0 aromatic heterocycles. The normalized spacial score (nSPS) is 12.3. The molecule has 0 aliphatic rings. The molecular formula is C8H18ClNO2S. The summed E-state index contributed by atoms with van der Waals surface area (Å²) in [5.41, 5.74) is 0. The third-order valence-electron chi connectivity index (χ3n) is 1.83. The molecule has 0 fully saturated rings. The lowest BCUT2D eigenvalue weighted by atomic mass is 10.4. The van der Waals surface area contributed by atoms with Crippen LogP contribution in [0.25, 0.3) is 0 Å². The second-order valence-corrected chi connectivity index (χ2v) is 5.74. The number of hydrogen-bond donors (Lipinski definition) is 0. The van der Waals surface area contributed by atoms with Gasteiger partial charge >= 0.3 is 0 Å². The van der Waals surface area contributed by atoms with E-state index in [-0.39, 0.29) is 5.75 Å². The second kappa shape index (κ2) is 6.62. The molecule has 80 valence electrons. The molecule has 0 N–H and O–H groups in total. The molecule has 0 amide bonds. The monoisotopic (exact) mass is 227 g/mol. The molecule has 3 nitrogen and oxygen atoms in total. The van der Waals surface area contributed by atoms with Gasteiger partial charge in [-0.25, -0.2) is 8.42 Å².